The third-order valence-corrected chi connectivity index (χ3v) is 3.57. The van der Waals surface area contributed by atoms with Crippen molar-refractivity contribution >= 4 is 11.7 Å². The Bertz CT molecular complexity index is 776. The van der Waals surface area contributed by atoms with Crippen LogP contribution in [0.5, 0.6) is 5.75 Å². The number of aryl methyl sites for hydroxylation is 2. The Morgan fingerprint density at radius 1 is 1.48 bits per heavy atom. The van der Waals surface area contributed by atoms with E-state index in [4.69, 9.17) is 15.7 Å². The van der Waals surface area contributed by atoms with Crippen LogP contribution in [0.25, 0.3) is 0 Å². The third kappa shape index (κ3) is 4.98. The summed E-state index contributed by atoms with van der Waals surface area (Å²) in [5.74, 6) is 2.72. The number of carbonyl (C=O) groups excluding carboxylic acids is 1. The number of urea groups is 1. The second kappa shape index (κ2) is 8.20. The Hall–Kier alpha value is -3.01. The first-order valence-electron chi connectivity index (χ1n) is 7.75. The Morgan fingerprint density at radius 3 is 2.88 bits per heavy atom. The van der Waals surface area contributed by atoms with Crippen LogP contribution in [-0.2, 0) is 6.42 Å². The van der Waals surface area contributed by atoms with Crippen molar-refractivity contribution < 1.29 is 18.4 Å². The van der Waals surface area contributed by atoms with Crippen LogP contribution in [-0.4, -0.2) is 23.8 Å². The molecule has 1 aromatic heterocycles. The van der Waals surface area contributed by atoms with Gasteiger partial charge >= 0.3 is 6.03 Å². The molecule has 0 fully saturated rings. The van der Waals surface area contributed by atoms with Gasteiger partial charge in [-0.3, -0.25) is 0 Å². The predicted molar refractivity (Wildman–Crippen MR) is 92.0 cm³/mol. The molecule has 25 heavy (non-hydrogen) atoms. The number of halogens is 1. The first kappa shape index (κ1) is 18.3. The molecule has 1 aromatic carbocycles. The van der Waals surface area contributed by atoms with Crippen LogP contribution in [0, 0.1) is 32.0 Å². The summed E-state index contributed by atoms with van der Waals surface area (Å²) in [5, 5.41) is 9.34. The molecule has 0 unspecified atom stereocenters. The van der Waals surface area contributed by atoms with Gasteiger partial charge in [-0.05, 0) is 39.3 Å². The van der Waals surface area contributed by atoms with E-state index in [1.807, 2.05) is 20.8 Å². The van der Waals surface area contributed by atoms with E-state index in [0.29, 0.717) is 12.1 Å². The molecule has 6 nitrogen and oxygen atoms in total. The molecule has 0 saturated heterocycles. The molecule has 1 atom stereocenters. The topological polar surface area (TPSA) is 76.4 Å². The van der Waals surface area contributed by atoms with E-state index in [1.54, 1.807) is 0 Å². The van der Waals surface area contributed by atoms with Crippen molar-refractivity contribution in [1.82, 2.24) is 10.5 Å². The summed E-state index contributed by atoms with van der Waals surface area (Å²) in [7, 11) is 0. The van der Waals surface area contributed by atoms with E-state index < -0.39 is 11.8 Å². The van der Waals surface area contributed by atoms with Crippen molar-refractivity contribution in [2.45, 2.75) is 33.2 Å². The molecule has 0 aliphatic rings. The van der Waals surface area contributed by atoms with Gasteiger partial charge in [0, 0.05) is 17.7 Å². The van der Waals surface area contributed by atoms with Gasteiger partial charge in [0.05, 0.1) is 11.4 Å². The molecule has 0 saturated carbocycles. The Labute approximate surface area is 145 Å². The predicted octanol–water partition coefficient (Wildman–Crippen LogP) is 3.20. The summed E-state index contributed by atoms with van der Waals surface area (Å²) >= 11 is 0. The van der Waals surface area contributed by atoms with E-state index >= 15 is 0 Å². The Kier molecular flexibility index (Phi) is 6.01. The number of aromatic nitrogens is 1. The van der Waals surface area contributed by atoms with Crippen LogP contribution in [0.3, 0.4) is 0 Å². The number of hydrogen-bond acceptors (Lipinski definition) is 4. The molecule has 0 radical (unpaired) electrons. The quantitative estimate of drug-likeness (QED) is 0.788. The number of amides is 2. The van der Waals surface area contributed by atoms with Crippen molar-refractivity contribution in [2.75, 3.05) is 11.9 Å². The highest BCUT2D eigenvalue weighted by Crippen LogP contribution is 2.25. The van der Waals surface area contributed by atoms with Crippen molar-refractivity contribution in [1.29, 1.82) is 0 Å². The first-order chi connectivity index (χ1) is 11.9. The minimum atomic E-state index is -0.482. The summed E-state index contributed by atoms with van der Waals surface area (Å²) in [4.78, 5) is 12.2. The number of ether oxygens (including phenoxy) is 1. The number of hydrogen-bond donors (Lipinski definition) is 2. The molecule has 0 aliphatic heterocycles. The van der Waals surface area contributed by atoms with Crippen LogP contribution in [0.1, 0.15) is 23.9 Å². The lowest BCUT2D eigenvalue weighted by Gasteiger charge is -2.16. The van der Waals surface area contributed by atoms with Crippen molar-refractivity contribution in [3.63, 3.8) is 0 Å². The van der Waals surface area contributed by atoms with Gasteiger partial charge in [0.1, 0.15) is 23.9 Å². The molecule has 132 valence electrons. The van der Waals surface area contributed by atoms with Crippen LogP contribution in [0.15, 0.2) is 22.7 Å². The molecule has 1 heterocycles. The Balaban J connectivity index is 1.99. The number of terminal acetylenes is 1. The van der Waals surface area contributed by atoms with E-state index in [1.165, 1.54) is 18.2 Å². The van der Waals surface area contributed by atoms with Gasteiger partial charge in [-0.2, -0.15) is 0 Å². The highest BCUT2D eigenvalue weighted by atomic mass is 19.1. The largest absolute Gasteiger partial charge is 0.479 e. The first-order valence-corrected chi connectivity index (χ1v) is 7.75. The molecular formula is C18H20FN3O3. The molecule has 0 bridgehead atoms. The number of carbonyl (C=O) groups is 1. The number of benzene rings is 1. The van der Waals surface area contributed by atoms with Crippen molar-refractivity contribution in [3.8, 4) is 18.1 Å². The molecular weight excluding hydrogens is 325 g/mol. The van der Waals surface area contributed by atoms with Crippen LogP contribution in [0.2, 0.25) is 0 Å². The number of nitrogens with one attached hydrogen (secondary N) is 2. The van der Waals surface area contributed by atoms with E-state index in [0.717, 1.165) is 17.0 Å². The lowest BCUT2D eigenvalue weighted by molar-refractivity contribution is 0.249. The van der Waals surface area contributed by atoms with E-state index in [2.05, 4.69) is 21.7 Å². The fourth-order valence-corrected chi connectivity index (χ4v) is 2.37. The van der Waals surface area contributed by atoms with Gasteiger partial charge in [0.15, 0.2) is 0 Å². The average Bonchev–Trinajstić information content (AvgIpc) is 2.86. The van der Waals surface area contributed by atoms with Gasteiger partial charge in [-0.1, -0.05) is 11.1 Å². The molecule has 2 N–H and O–H groups in total. The zero-order valence-electron chi connectivity index (χ0n) is 14.4. The molecule has 7 heteroatoms. The standard InChI is InChI=1S/C18H20FN3O3/c1-5-8-24-17-10-14(19)6-7-16(17)21-18(23)20-11(2)9-15-12(3)22-25-13(15)4/h1,6-7,10-11H,8-9H2,2-4H3,(H2,20,21,23)/t11-/m0/s1. The number of anilines is 1. The highest BCUT2D eigenvalue weighted by molar-refractivity contribution is 5.91. The second-order valence-electron chi connectivity index (χ2n) is 5.64. The molecule has 0 aliphatic carbocycles. The summed E-state index contributed by atoms with van der Waals surface area (Å²) in [6, 6.07) is 3.22. The molecule has 2 rings (SSSR count). The van der Waals surface area contributed by atoms with E-state index in [-0.39, 0.29) is 18.4 Å². The normalized spacial score (nSPS) is 11.5. The van der Waals surface area contributed by atoms with E-state index in [9.17, 15) is 9.18 Å². The van der Waals surface area contributed by atoms with Crippen LogP contribution >= 0.6 is 0 Å². The molecule has 2 aromatic rings. The molecule has 2 amide bonds. The number of nitrogens with zero attached hydrogens (tertiary/aromatic N) is 1. The number of rotatable bonds is 6. The third-order valence-electron chi connectivity index (χ3n) is 3.57. The summed E-state index contributed by atoms with van der Waals surface area (Å²) in [5.41, 5.74) is 2.10. The van der Waals surface area contributed by atoms with Gasteiger partial charge in [-0.15, -0.1) is 6.42 Å². The van der Waals surface area contributed by atoms with Crippen molar-refractivity contribution in [3.05, 3.63) is 41.0 Å². The Morgan fingerprint density at radius 2 is 2.24 bits per heavy atom. The maximum Gasteiger partial charge on any atom is 0.319 e. The highest BCUT2D eigenvalue weighted by Gasteiger charge is 2.16. The van der Waals surface area contributed by atoms with Crippen LogP contribution in [0.4, 0.5) is 14.9 Å². The second-order valence-corrected chi connectivity index (χ2v) is 5.64. The van der Waals surface area contributed by atoms with Gasteiger partial charge < -0.3 is 19.9 Å². The van der Waals surface area contributed by atoms with Crippen LogP contribution < -0.4 is 15.4 Å². The average molecular weight is 345 g/mol. The zero-order valence-corrected chi connectivity index (χ0v) is 14.4. The maximum absolute atomic E-state index is 13.3. The monoisotopic (exact) mass is 345 g/mol. The fraction of sp³-hybridized carbons (Fsp3) is 0.333. The SMILES string of the molecule is C#CCOc1cc(F)ccc1NC(=O)N[C@@H](C)Cc1c(C)noc1C. The summed E-state index contributed by atoms with van der Waals surface area (Å²) in [6.07, 6.45) is 5.72. The summed E-state index contributed by atoms with van der Waals surface area (Å²) in [6.45, 7) is 5.52. The molecule has 0 spiro atoms. The van der Waals surface area contributed by atoms with Crippen molar-refractivity contribution in [2.24, 2.45) is 0 Å². The minimum Gasteiger partial charge on any atom is -0.479 e. The maximum atomic E-state index is 13.3. The van der Waals surface area contributed by atoms with Gasteiger partial charge in [0.25, 0.3) is 0 Å². The fourth-order valence-electron chi connectivity index (χ4n) is 2.37. The smallest absolute Gasteiger partial charge is 0.319 e. The summed E-state index contributed by atoms with van der Waals surface area (Å²) < 4.78 is 23.7. The minimum absolute atomic E-state index is 0.0256. The van der Waals surface area contributed by atoms with Gasteiger partial charge in [-0.25, -0.2) is 9.18 Å². The van der Waals surface area contributed by atoms with Gasteiger partial charge in [0.2, 0.25) is 0 Å². The lowest BCUT2D eigenvalue weighted by Crippen LogP contribution is -2.37. The lowest BCUT2D eigenvalue weighted by atomic mass is 10.1. The zero-order chi connectivity index (χ0) is 18.4.